The average molecular weight is 832 g/mol. The molecule has 3 saturated carbocycles. The molecule has 60 heavy (non-hydrogen) atoms. The van der Waals surface area contributed by atoms with Gasteiger partial charge in [0, 0.05) is 50.0 Å². The first kappa shape index (κ1) is 45.1. The smallest absolute Gasteiger partial charge is 0.350 e. The number of rotatable bonds is 17. The van der Waals surface area contributed by atoms with Crippen molar-refractivity contribution in [3.8, 4) is 0 Å². The molecule has 5 aliphatic carbocycles. The zero-order chi connectivity index (χ0) is 42.4. The summed E-state index contributed by atoms with van der Waals surface area (Å²) < 4.78 is 12.9. The van der Waals surface area contributed by atoms with Crippen molar-refractivity contribution in [2.75, 3.05) is 40.5 Å². The maximum Gasteiger partial charge on any atom is 0.350 e. The molecule has 0 spiro atoms. The zero-order valence-corrected chi connectivity index (χ0v) is 37.4. The minimum atomic E-state index is -1.90. The molecule has 7 N–H and O–H groups in total. The minimum absolute atomic E-state index is 0.00543. The lowest BCUT2D eigenvalue weighted by atomic mass is 9.57. The Morgan fingerprint density at radius 1 is 1.05 bits per heavy atom. The monoisotopic (exact) mass is 832 g/mol. The van der Waals surface area contributed by atoms with Gasteiger partial charge in [0.15, 0.2) is 23.1 Å². The van der Waals surface area contributed by atoms with Gasteiger partial charge in [-0.25, -0.2) is 4.79 Å². The molecular weight excluding hydrogens is 755 g/mol. The fourth-order valence-corrected chi connectivity index (χ4v) is 12.2. The number of allylic oxidation sites excluding steroid dienone is 3. The van der Waals surface area contributed by atoms with Crippen molar-refractivity contribution < 1.29 is 23.9 Å². The molecule has 0 aromatic rings. The first-order valence-corrected chi connectivity index (χ1v) is 23.8. The van der Waals surface area contributed by atoms with Gasteiger partial charge >= 0.3 is 5.97 Å². The van der Waals surface area contributed by atoms with E-state index in [4.69, 9.17) is 15.2 Å². The van der Waals surface area contributed by atoms with Crippen LogP contribution in [0.3, 0.4) is 0 Å². The second-order valence-electron chi connectivity index (χ2n) is 20.0. The number of aliphatic imine (C=N–C) groups is 1. The molecule has 334 valence electrons. The maximum absolute atomic E-state index is 15.1. The third-order valence-electron chi connectivity index (χ3n) is 15.5. The molecular formula is C48H77N7O5. The molecule has 2 aliphatic heterocycles. The summed E-state index contributed by atoms with van der Waals surface area (Å²) in [7, 11) is 3.61. The summed E-state index contributed by atoms with van der Waals surface area (Å²) in [6, 6.07) is 0.0806. The van der Waals surface area contributed by atoms with Gasteiger partial charge in [-0.3, -0.25) is 19.9 Å². The highest BCUT2D eigenvalue weighted by molar-refractivity contribution is 6.23. The van der Waals surface area contributed by atoms with Crippen molar-refractivity contribution in [1.29, 1.82) is 0 Å². The van der Waals surface area contributed by atoms with Crippen molar-refractivity contribution in [1.82, 2.24) is 26.6 Å². The summed E-state index contributed by atoms with van der Waals surface area (Å²) in [5.74, 6) is 0.379. The summed E-state index contributed by atoms with van der Waals surface area (Å²) in [5, 5.41) is 17.6. The Morgan fingerprint density at radius 3 is 2.63 bits per heavy atom. The number of nitrogens with two attached hydrogens (primary N) is 1. The van der Waals surface area contributed by atoms with E-state index < -0.39 is 29.0 Å². The molecule has 7 rings (SSSR count). The van der Waals surface area contributed by atoms with Crippen LogP contribution in [0, 0.1) is 47.3 Å². The normalized spacial score (nSPS) is 36.5. The van der Waals surface area contributed by atoms with E-state index in [0.717, 1.165) is 70.0 Å². The number of nitrogens with one attached hydrogen (secondary N) is 5. The van der Waals surface area contributed by atoms with Crippen molar-refractivity contribution in [2.45, 2.75) is 153 Å². The van der Waals surface area contributed by atoms with Crippen LogP contribution in [-0.2, 0) is 23.9 Å². The number of fused-ring (bicyclic) bond motifs is 3. The van der Waals surface area contributed by atoms with Crippen LogP contribution in [0.2, 0.25) is 0 Å². The summed E-state index contributed by atoms with van der Waals surface area (Å²) in [5.41, 5.74) is 5.25. The van der Waals surface area contributed by atoms with Gasteiger partial charge < -0.3 is 36.5 Å². The second kappa shape index (κ2) is 20.1. The molecule has 5 fully saturated rings. The predicted molar refractivity (Wildman–Crippen MR) is 237 cm³/mol. The Balaban J connectivity index is 1.12. The maximum atomic E-state index is 15.1. The van der Waals surface area contributed by atoms with Gasteiger partial charge in [0.1, 0.15) is 0 Å². The summed E-state index contributed by atoms with van der Waals surface area (Å²) >= 11 is 0. The Kier molecular flexibility index (Phi) is 15.1. The van der Waals surface area contributed by atoms with E-state index in [2.05, 4.69) is 70.6 Å². The van der Waals surface area contributed by atoms with Crippen LogP contribution in [-0.4, -0.2) is 93.4 Å². The van der Waals surface area contributed by atoms with Crippen molar-refractivity contribution >= 4 is 23.5 Å². The van der Waals surface area contributed by atoms with Crippen LogP contribution < -0.4 is 32.3 Å². The second-order valence-corrected chi connectivity index (χ2v) is 20.0. The average Bonchev–Trinajstić information content (AvgIpc) is 3.97. The van der Waals surface area contributed by atoms with Gasteiger partial charge in [-0.1, -0.05) is 69.4 Å². The molecule has 2 heterocycles. The van der Waals surface area contributed by atoms with Gasteiger partial charge in [0.05, 0.1) is 12.8 Å². The summed E-state index contributed by atoms with van der Waals surface area (Å²) in [4.78, 5) is 49.1. The lowest BCUT2D eigenvalue weighted by Gasteiger charge is -2.42. The summed E-state index contributed by atoms with van der Waals surface area (Å²) in [6.45, 7) is 9.14. The molecule has 11 atom stereocenters. The van der Waals surface area contributed by atoms with Crippen molar-refractivity contribution in [3.63, 3.8) is 0 Å². The van der Waals surface area contributed by atoms with E-state index in [0.29, 0.717) is 49.1 Å². The topological polar surface area (TPSA) is 172 Å². The number of hydrogen-bond acceptors (Lipinski definition) is 10. The Labute approximate surface area is 359 Å². The minimum Gasteiger partial charge on any atom is -0.463 e. The molecule has 7 aliphatic rings. The van der Waals surface area contributed by atoms with E-state index in [-0.39, 0.29) is 54.7 Å². The number of piperidine rings is 1. The number of epoxide rings is 1. The molecule has 2 saturated heterocycles. The van der Waals surface area contributed by atoms with Gasteiger partial charge in [-0.05, 0) is 133 Å². The standard InChI is InChI=1S/C48H77N7O5/c1-30(2)22-36-16-11-17-38-42(36)44(57)48(45(58)59-28-37-24-33-14-9-10-15-34(33)25-39(37)53-27-32-12-7-6-8-13-32)47(60-48,43(38)56)20-18-31(3)23-40(55-46(49)51-5)35-19-21-52-41(26-35)54-29-50-4/h10,15,18,25,30,32-33,35-42,50,52-54H,6-9,11-14,16-17,19-24,26-29H2,1-5H3,(H3,49,51,55). The molecule has 12 nitrogen and oxygen atoms in total. The Bertz CT molecular complexity index is 1650. The number of carbonyl (C=O) groups is 3. The van der Waals surface area contributed by atoms with Gasteiger partial charge in [0.2, 0.25) is 0 Å². The number of ether oxygens (including phenoxy) is 2. The number of nitrogens with zero attached hydrogens (tertiary/aromatic N) is 1. The van der Waals surface area contributed by atoms with E-state index >= 15 is 4.79 Å². The van der Waals surface area contributed by atoms with Crippen molar-refractivity contribution in [3.05, 3.63) is 35.5 Å². The van der Waals surface area contributed by atoms with Crippen LogP contribution in [0.4, 0.5) is 0 Å². The number of esters is 1. The van der Waals surface area contributed by atoms with E-state index in [1.165, 1.54) is 37.7 Å². The van der Waals surface area contributed by atoms with Gasteiger partial charge in [-0.15, -0.1) is 0 Å². The van der Waals surface area contributed by atoms with Crippen molar-refractivity contribution in [2.24, 2.45) is 58.1 Å². The van der Waals surface area contributed by atoms with Crippen LogP contribution in [0.25, 0.3) is 0 Å². The fourth-order valence-electron chi connectivity index (χ4n) is 12.2. The molecule has 12 heteroatoms. The quantitative estimate of drug-likeness (QED) is 0.0210. The van der Waals surface area contributed by atoms with Crippen LogP contribution >= 0.6 is 0 Å². The third-order valence-corrected chi connectivity index (χ3v) is 15.5. The molecule has 11 unspecified atom stereocenters. The predicted octanol–water partition coefficient (Wildman–Crippen LogP) is 5.44. The van der Waals surface area contributed by atoms with Crippen LogP contribution in [0.15, 0.2) is 40.4 Å². The highest BCUT2D eigenvalue weighted by atomic mass is 16.7. The highest BCUT2D eigenvalue weighted by Crippen LogP contribution is 2.62. The number of carbonyl (C=O) groups excluding carboxylic acids is 3. The van der Waals surface area contributed by atoms with E-state index in [1.807, 2.05) is 13.1 Å². The molecule has 0 bridgehead atoms. The summed E-state index contributed by atoms with van der Waals surface area (Å²) in [6.07, 6.45) is 24.6. The lowest BCUT2D eigenvalue weighted by molar-refractivity contribution is -0.161. The SMILES string of the molecule is CN=C(N)NC(CC(C)=CCC12OC1(C(=O)OCC1CC3CCC=CC3=CC1NCC1CCCCC1)C(=O)C1C(CC(C)C)CCCC1C2=O)C1CCNC(NCNC)C1. The van der Waals surface area contributed by atoms with Gasteiger partial charge in [-0.2, -0.15) is 0 Å². The van der Waals surface area contributed by atoms with Crippen LogP contribution in [0.5, 0.6) is 0 Å². The van der Waals surface area contributed by atoms with E-state index in [9.17, 15) is 9.59 Å². The Morgan fingerprint density at radius 2 is 1.87 bits per heavy atom. The molecule has 0 aromatic heterocycles. The Hall–Kier alpha value is -2.90. The first-order valence-electron chi connectivity index (χ1n) is 23.8. The largest absolute Gasteiger partial charge is 0.463 e. The lowest BCUT2D eigenvalue weighted by Crippen LogP contribution is -2.60. The number of hydrogen-bond donors (Lipinski definition) is 6. The number of guanidine groups is 1. The number of Topliss-reactive ketones (excluding diaryl/α,β-unsaturated/α-hetero) is 2. The molecule has 0 amide bonds. The van der Waals surface area contributed by atoms with E-state index in [1.54, 1.807) is 7.05 Å². The van der Waals surface area contributed by atoms with Crippen LogP contribution in [0.1, 0.15) is 124 Å². The molecule has 0 radical (unpaired) electrons. The number of ketones is 2. The fraction of sp³-hybridized carbons (Fsp3) is 0.792. The molecule has 0 aromatic carbocycles. The highest BCUT2D eigenvalue weighted by Gasteiger charge is 2.87. The zero-order valence-electron chi connectivity index (χ0n) is 37.4. The first-order chi connectivity index (χ1) is 29.0. The third kappa shape index (κ3) is 9.68. The van der Waals surface area contributed by atoms with Gasteiger partial charge in [0.25, 0.3) is 5.60 Å².